The van der Waals surface area contributed by atoms with Crippen molar-refractivity contribution >= 4 is 30.1 Å². The third kappa shape index (κ3) is 5.09. The molecule has 0 saturated carbocycles. The first-order chi connectivity index (χ1) is 15.2. The van der Waals surface area contributed by atoms with Crippen LogP contribution in [0.2, 0.25) is 0 Å². The van der Waals surface area contributed by atoms with Crippen LogP contribution in [0.5, 0.6) is 5.75 Å². The molecule has 1 aromatic carbocycles. The average Bonchev–Trinajstić information content (AvgIpc) is 3.17. The summed E-state index contributed by atoms with van der Waals surface area (Å²) in [6.07, 6.45) is 2.32. The molecule has 0 spiro atoms. The lowest BCUT2D eigenvalue weighted by Crippen LogP contribution is -2.60. The van der Waals surface area contributed by atoms with Crippen LogP contribution in [0.3, 0.4) is 0 Å². The standard InChI is InChI=1S/C23H31FN4O4.ClH/c1-23(2,24)22(31)27-11-9-14-7-8-18(28(14)21(30)16(25)13-27)20(29)26-17-10-12-32-19-6-4-3-5-15(17)19;/h3-6,14,16-18H,7-13,25H2,1-2H3,(H,26,29);1H/t14-,16+,17-,18+;/m1./s1. The number of carbonyl (C=O) groups excluding carboxylic acids is 3. The van der Waals surface area contributed by atoms with E-state index in [0.717, 1.165) is 11.3 Å². The van der Waals surface area contributed by atoms with Gasteiger partial charge in [0.1, 0.15) is 17.8 Å². The van der Waals surface area contributed by atoms with E-state index in [2.05, 4.69) is 5.32 Å². The molecule has 3 aliphatic heterocycles. The van der Waals surface area contributed by atoms with E-state index in [4.69, 9.17) is 10.5 Å². The summed E-state index contributed by atoms with van der Waals surface area (Å²) in [6, 6.07) is 5.63. The first-order valence-electron chi connectivity index (χ1n) is 11.2. The van der Waals surface area contributed by atoms with Gasteiger partial charge in [0.15, 0.2) is 5.67 Å². The first-order valence-corrected chi connectivity index (χ1v) is 11.2. The second-order valence-electron chi connectivity index (χ2n) is 9.35. The lowest BCUT2D eigenvalue weighted by atomic mass is 10.00. The van der Waals surface area contributed by atoms with Gasteiger partial charge in [-0.15, -0.1) is 12.4 Å². The van der Waals surface area contributed by atoms with Gasteiger partial charge in [-0.05, 0) is 39.2 Å². The van der Waals surface area contributed by atoms with Crippen molar-refractivity contribution in [2.75, 3.05) is 19.7 Å². The third-order valence-electron chi connectivity index (χ3n) is 6.60. The first kappa shape index (κ1) is 25.2. The predicted molar refractivity (Wildman–Crippen MR) is 123 cm³/mol. The lowest BCUT2D eigenvalue weighted by Gasteiger charge is -2.38. The van der Waals surface area contributed by atoms with Gasteiger partial charge in [0.05, 0.1) is 12.6 Å². The minimum Gasteiger partial charge on any atom is -0.493 e. The minimum atomic E-state index is -2.03. The molecular formula is C23H32ClFN4O4. The number of alkyl halides is 1. The molecule has 0 bridgehead atoms. The van der Waals surface area contributed by atoms with E-state index in [0.29, 0.717) is 38.8 Å². The van der Waals surface area contributed by atoms with Gasteiger partial charge in [-0.1, -0.05) is 18.2 Å². The smallest absolute Gasteiger partial charge is 0.259 e. The summed E-state index contributed by atoms with van der Waals surface area (Å²) in [5.41, 5.74) is 5.03. The van der Waals surface area contributed by atoms with Crippen LogP contribution in [0, 0.1) is 0 Å². The molecule has 3 amide bonds. The summed E-state index contributed by atoms with van der Waals surface area (Å²) in [5.74, 6) is -0.472. The summed E-state index contributed by atoms with van der Waals surface area (Å²) in [4.78, 5) is 41.8. The number of nitrogens with one attached hydrogen (secondary N) is 1. The number of nitrogens with zero attached hydrogens (tertiary/aromatic N) is 2. The molecule has 2 saturated heterocycles. The molecule has 33 heavy (non-hydrogen) atoms. The highest BCUT2D eigenvalue weighted by molar-refractivity contribution is 5.92. The zero-order chi connectivity index (χ0) is 23.0. The van der Waals surface area contributed by atoms with Crippen LogP contribution in [-0.4, -0.2) is 71.0 Å². The van der Waals surface area contributed by atoms with Crippen LogP contribution in [-0.2, 0) is 14.4 Å². The number of rotatable bonds is 3. The minimum absolute atomic E-state index is 0. The Bertz CT molecular complexity index is 909. The van der Waals surface area contributed by atoms with Crippen molar-refractivity contribution < 1.29 is 23.5 Å². The highest BCUT2D eigenvalue weighted by Gasteiger charge is 2.45. The maximum Gasteiger partial charge on any atom is 0.259 e. The number of fused-ring (bicyclic) bond motifs is 2. The molecule has 3 heterocycles. The van der Waals surface area contributed by atoms with Crippen LogP contribution in [0.4, 0.5) is 4.39 Å². The topological polar surface area (TPSA) is 105 Å². The van der Waals surface area contributed by atoms with E-state index in [1.807, 2.05) is 24.3 Å². The summed E-state index contributed by atoms with van der Waals surface area (Å²) in [5, 5.41) is 3.10. The molecule has 4 rings (SSSR count). The van der Waals surface area contributed by atoms with Crippen LogP contribution in [0.1, 0.15) is 51.1 Å². The van der Waals surface area contributed by atoms with Crippen molar-refractivity contribution in [2.45, 2.75) is 69.4 Å². The Balaban J connectivity index is 0.00000306. The maximum atomic E-state index is 14.2. The quantitative estimate of drug-likeness (QED) is 0.682. The fourth-order valence-corrected chi connectivity index (χ4v) is 4.98. The number of halogens is 2. The van der Waals surface area contributed by atoms with E-state index in [-0.39, 0.29) is 42.8 Å². The molecule has 10 heteroatoms. The molecule has 2 fully saturated rings. The zero-order valence-corrected chi connectivity index (χ0v) is 19.8. The van der Waals surface area contributed by atoms with Crippen molar-refractivity contribution in [1.29, 1.82) is 0 Å². The highest BCUT2D eigenvalue weighted by atomic mass is 35.5. The number of nitrogens with two attached hydrogens (primary N) is 1. The summed E-state index contributed by atoms with van der Waals surface area (Å²) in [7, 11) is 0. The van der Waals surface area contributed by atoms with Crippen molar-refractivity contribution in [3.63, 3.8) is 0 Å². The molecule has 3 aliphatic rings. The Hall–Kier alpha value is -2.39. The van der Waals surface area contributed by atoms with Crippen molar-refractivity contribution in [3.05, 3.63) is 29.8 Å². The van der Waals surface area contributed by atoms with Gasteiger partial charge < -0.3 is 25.6 Å². The van der Waals surface area contributed by atoms with Gasteiger partial charge in [-0.2, -0.15) is 0 Å². The van der Waals surface area contributed by atoms with Gasteiger partial charge in [-0.3, -0.25) is 14.4 Å². The molecule has 4 atom stereocenters. The normalized spacial score (nSPS) is 27.3. The summed E-state index contributed by atoms with van der Waals surface area (Å²) in [6.45, 7) is 3.17. The SMILES string of the molecule is CC(C)(F)C(=O)N1CC[C@H]2CC[C@@H](C(=O)N[C@@H]3CCOc4ccccc43)N2C(=O)[C@@H](N)C1.Cl. The lowest BCUT2D eigenvalue weighted by molar-refractivity contribution is -0.148. The molecule has 8 nitrogen and oxygen atoms in total. The number of para-hydroxylation sites is 1. The molecule has 0 aliphatic carbocycles. The maximum absolute atomic E-state index is 14.2. The molecule has 3 N–H and O–H groups in total. The van der Waals surface area contributed by atoms with Crippen molar-refractivity contribution in [3.8, 4) is 5.75 Å². The van der Waals surface area contributed by atoms with Crippen molar-refractivity contribution in [1.82, 2.24) is 15.1 Å². The third-order valence-corrected chi connectivity index (χ3v) is 6.60. The van der Waals surface area contributed by atoms with E-state index < -0.39 is 23.7 Å². The Morgan fingerprint density at radius 2 is 1.91 bits per heavy atom. The Kier molecular flexibility index (Phi) is 7.53. The van der Waals surface area contributed by atoms with E-state index in [1.54, 1.807) is 4.90 Å². The van der Waals surface area contributed by atoms with Crippen LogP contribution in [0.15, 0.2) is 24.3 Å². The van der Waals surface area contributed by atoms with Crippen LogP contribution in [0.25, 0.3) is 0 Å². The van der Waals surface area contributed by atoms with E-state index in [9.17, 15) is 18.8 Å². The number of hydrogen-bond donors (Lipinski definition) is 2. The summed E-state index contributed by atoms with van der Waals surface area (Å²) >= 11 is 0. The molecule has 1 aromatic rings. The number of ether oxygens (including phenoxy) is 1. The second kappa shape index (κ2) is 9.85. The Morgan fingerprint density at radius 1 is 1.18 bits per heavy atom. The van der Waals surface area contributed by atoms with Gasteiger partial charge in [0.25, 0.3) is 5.91 Å². The number of carbonyl (C=O) groups is 3. The monoisotopic (exact) mass is 482 g/mol. The van der Waals surface area contributed by atoms with Gasteiger partial charge >= 0.3 is 0 Å². The largest absolute Gasteiger partial charge is 0.493 e. The Morgan fingerprint density at radius 3 is 2.64 bits per heavy atom. The number of benzene rings is 1. The van der Waals surface area contributed by atoms with E-state index in [1.165, 1.54) is 18.7 Å². The fourth-order valence-electron chi connectivity index (χ4n) is 4.98. The highest BCUT2D eigenvalue weighted by Crippen LogP contribution is 2.34. The fraction of sp³-hybridized carbons (Fsp3) is 0.609. The van der Waals surface area contributed by atoms with Gasteiger partial charge in [0, 0.05) is 31.1 Å². The summed E-state index contributed by atoms with van der Waals surface area (Å²) < 4.78 is 19.9. The van der Waals surface area contributed by atoms with Gasteiger partial charge in [-0.25, -0.2) is 4.39 Å². The average molecular weight is 483 g/mol. The molecule has 0 aromatic heterocycles. The van der Waals surface area contributed by atoms with Gasteiger partial charge in [0.2, 0.25) is 11.8 Å². The molecule has 0 unspecified atom stereocenters. The molecule has 0 radical (unpaired) electrons. The number of amides is 3. The van der Waals surface area contributed by atoms with Crippen molar-refractivity contribution in [2.24, 2.45) is 5.73 Å². The zero-order valence-electron chi connectivity index (χ0n) is 19.0. The van der Waals surface area contributed by atoms with Crippen LogP contribution >= 0.6 is 12.4 Å². The predicted octanol–water partition coefficient (Wildman–Crippen LogP) is 1.72. The second-order valence-corrected chi connectivity index (χ2v) is 9.35. The molecule has 182 valence electrons. The molecular weight excluding hydrogens is 451 g/mol. The van der Waals surface area contributed by atoms with E-state index >= 15 is 0 Å². The van der Waals surface area contributed by atoms with Crippen LogP contribution < -0.4 is 15.8 Å². The Labute approximate surface area is 199 Å². The number of hydrogen-bond acceptors (Lipinski definition) is 5.